The van der Waals surface area contributed by atoms with E-state index in [9.17, 15) is 0 Å². The Balaban J connectivity index is 1.23. The van der Waals surface area contributed by atoms with Crippen molar-refractivity contribution in [3.63, 3.8) is 0 Å². The molecule has 45 heavy (non-hydrogen) atoms. The Labute approximate surface area is 262 Å². The summed E-state index contributed by atoms with van der Waals surface area (Å²) in [5, 5.41) is 13.2. The standard InChI is InChI=1S/C45H30/c1-45(2)40-15-4-3-11-35(40)37-14-7-13-36-32(24-25-41(45)44(36)37)31-19-16-27-8-6-12-33(39(27)26-31)34-22-20-30-18-17-28-9-5-10-29-21-23-38(34)43(30)42(28)29/h3-26H,1-2H3. The summed E-state index contributed by atoms with van der Waals surface area (Å²) in [6.07, 6.45) is 0. The molecular formula is C45H30. The first-order chi connectivity index (χ1) is 22.1. The van der Waals surface area contributed by atoms with Gasteiger partial charge in [-0.15, -0.1) is 0 Å². The third-order valence-corrected chi connectivity index (χ3v) is 10.6. The lowest BCUT2D eigenvalue weighted by molar-refractivity contribution is 0.645. The van der Waals surface area contributed by atoms with Crippen LogP contribution in [0.5, 0.6) is 0 Å². The van der Waals surface area contributed by atoms with Gasteiger partial charge in [-0.1, -0.05) is 153 Å². The largest absolute Gasteiger partial charge is 0.0619 e. The van der Waals surface area contributed by atoms with Gasteiger partial charge in [0.1, 0.15) is 0 Å². The van der Waals surface area contributed by atoms with Gasteiger partial charge in [0.15, 0.2) is 0 Å². The van der Waals surface area contributed by atoms with Gasteiger partial charge in [-0.3, -0.25) is 0 Å². The molecular weight excluding hydrogens is 540 g/mol. The molecule has 9 aromatic rings. The lowest BCUT2D eigenvalue weighted by Crippen LogP contribution is -2.23. The highest BCUT2D eigenvalue weighted by atomic mass is 14.4. The summed E-state index contributed by atoms with van der Waals surface area (Å²) in [6.45, 7) is 4.74. The van der Waals surface area contributed by atoms with E-state index >= 15 is 0 Å². The van der Waals surface area contributed by atoms with Gasteiger partial charge < -0.3 is 0 Å². The first-order valence-corrected chi connectivity index (χ1v) is 15.9. The van der Waals surface area contributed by atoms with E-state index in [2.05, 4.69) is 159 Å². The van der Waals surface area contributed by atoms with Crippen LogP contribution in [0.4, 0.5) is 0 Å². The smallest absolute Gasteiger partial charge is 0.0159 e. The minimum atomic E-state index is -0.0622. The van der Waals surface area contributed by atoms with Crippen molar-refractivity contribution in [2.45, 2.75) is 19.3 Å². The Hall–Kier alpha value is -5.46. The third-order valence-electron chi connectivity index (χ3n) is 10.6. The predicted molar refractivity (Wildman–Crippen MR) is 194 cm³/mol. The number of hydrogen-bond donors (Lipinski definition) is 0. The average Bonchev–Trinajstić information content (AvgIpc) is 3.09. The molecule has 0 radical (unpaired) electrons. The van der Waals surface area contributed by atoms with Gasteiger partial charge in [-0.2, -0.15) is 0 Å². The summed E-state index contributed by atoms with van der Waals surface area (Å²) in [5.41, 5.74) is 10.6. The first-order valence-electron chi connectivity index (χ1n) is 15.9. The Morgan fingerprint density at radius 2 is 0.933 bits per heavy atom. The van der Waals surface area contributed by atoms with Crippen LogP contribution < -0.4 is 0 Å². The van der Waals surface area contributed by atoms with Crippen molar-refractivity contribution in [3.8, 4) is 33.4 Å². The molecule has 0 saturated heterocycles. The molecule has 0 amide bonds. The highest BCUT2D eigenvalue weighted by Gasteiger charge is 2.33. The van der Waals surface area contributed by atoms with Gasteiger partial charge in [0.05, 0.1) is 0 Å². The molecule has 0 unspecified atom stereocenters. The monoisotopic (exact) mass is 570 g/mol. The minimum absolute atomic E-state index is 0.0622. The lowest BCUT2D eigenvalue weighted by Gasteiger charge is -2.35. The number of rotatable bonds is 2. The average molecular weight is 571 g/mol. The number of fused-ring (bicyclic) bond motifs is 3. The number of hydrogen-bond acceptors (Lipinski definition) is 0. The van der Waals surface area contributed by atoms with Crippen molar-refractivity contribution in [2.75, 3.05) is 0 Å². The molecule has 1 aliphatic carbocycles. The summed E-state index contributed by atoms with van der Waals surface area (Å²) in [4.78, 5) is 0. The zero-order chi connectivity index (χ0) is 29.9. The predicted octanol–water partition coefficient (Wildman–Crippen LogP) is 12.5. The molecule has 0 spiro atoms. The van der Waals surface area contributed by atoms with Gasteiger partial charge in [0.25, 0.3) is 0 Å². The zero-order valence-corrected chi connectivity index (χ0v) is 25.4. The first kappa shape index (κ1) is 24.9. The summed E-state index contributed by atoms with van der Waals surface area (Å²) in [5.74, 6) is 0. The van der Waals surface area contributed by atoms with Crippen LogP contribution in [-0.2, 0) is 5.41 Å². The van der Waals surface area contributed by atoms with E-state index in [1.807, 2.05) is 0 Å². The highest BCUT2D eigenvalue weighted by Crippen LogP contribution is 2.50. The second-order valence-electron chi connectivity index (χ2n) is 13.3. The molecule has 0 aliphatic heterocycles. The molecule has 10 rings (SSSR count). The van der Waals surface area contributed by atoms with Gasteiger partial charge in [-0.25, -0.2) is 0 Å². The Bertz CT molecular complexity index is 2650. The van der Waals surface area contributed by atoms with Crippen LogP contribution >= 0.6 is 0 Å². The quantitative estimate of drug-likeness (QED) is 0.181. The molecule has 9 aromatic carbocycles. The molecule has 0 bridgehead atoms. The maximum Gasteiger partial charge on any atom is 0.0159 e. The lowest BCUT2D eigenvalue weighted by atomic mass is 9.68. The maximum absolute atomic E-state index is 2.43. The molecule has 0 heteroatoms. The van der Waals surface area contributed by atoms with E-state index in [-0.39, 0.29) is 5.41 Å². The fourth-order valence-electron chi connectivity index (χ4n) is 8.46. The fourth-order valence-corrected chi connectivity index (χ4v) is 8.46. The summed E-state index contributed by atoms with van der Waals surface area (Å²) < 4.78 is 0. The van der Waals surface area contributed by atoms with Crippen LogP contribution in [0.3, 0.4) is 0 Å². The van der Waals surface area contributed by atoms with Crippen LogP contribution in [0.25, 0.3) is 87.2 Å². The molecule has 210 valence electrons. The summed E-state index contributed by atoms with van der Waals surface area (Å²) in [7, 11) is 0. The topological polar surface area (TPSA) is 0 Å². The van der Waals surface area contributed by atoms with E-state index in [1.54, 1.807) is 0 Å². The van der Waals surface area contributed by atoms with Gasteiger partial charge in [0, 0.05) is 5.41 Å². The van der Waals surface area contributed by atoms with Crippen LogP contribution in [0.2, 0.25) is 0 Å². The fraction of sp³-hybridized carbons (Fsp3) is 0.0667. The van der Waals surface area contributed by atoms with Gasteiger partial charge in [0.2, 0.25) is 0 Å². The third kappa shape index (κ3) is 3.32. The second-order valence-corrected chi connectivity index (χ2v) is 13.3. The maximum atomic E-state index is 2.43. The highest BCUT2D eigenvalue weighted by molar-refractivity contribution is 6.26. The molecule has 0 aromatic heterocycles. The van der Waals surface area contributed by atoms with Gasteiger partial charge >= 0.3 is 0 Å². The zero-order valence-electron chi connectivity index (χ0n) is 25.4. The molecule has 0 N–H and O–H groups in total. The van der Waals surface area contributed by atoms with E-state index < -0.39 is 0 Å². The molecule has 0 atom stereocenters. The molecule has 0 nitrogen and oxygen atoms in total. The van der Waals surface area contributed by atoms with Gasteiger partial charge in [-0.05, 0) is 104 Å². The Morgan fingerprint density at radius 1 is 0.333 bits per heavy atom. The molecule has 1 aliphatic rings. The van der Waals surface area contributed by atoms with Crippen molar-refractivity contribution >= 4 is 53.9 Å². The Morgan fingerprint density at radius 3 is 1.82 bits per heavy atom. The van der Waals surface area contributed by atoms with Crippen molar-refractivity contribution in [2.24, 2.45) is 0 Å². The second kappa shape index (κ2) is 8.80. The summed E-state index contributed by atoms with van der Waals surface area (Å²) in [6, 6.07) is 54.7. The van der Waals surface area contributed by atoms with Crippen LogP contribution in [0.1, 0.15) is 25.0 Å². The van der Waals surface area contributed by atoms with Crippen molar-refractivity contribution in [1.82, 2.24) is 0 Å². The van der Waals surface area contributed by atoms with Crippen LogP contribution in [0.15, 0.2) is 146 Å². The van der Waals surface area contributed by atoms with Crippen molar-refractivity contribution < 1.29 is 0 Å². The minimum Gasteiger partial charge on any atom is -0.0619 e. The number of benzene rings is 9. The van der Waals surface area contributed by atoms with Crippen molar-refractivity contribution in [1.29, 1.82) is 0 Å². The summed E-state index contributed by atoms with van der Waals surface area (Å²) >= 11 is 0. The molecule has 0 fully saturated rings. The molecule has 0 saturated carbocycles. The van der Waals surface area contributed by atoms with Crippen molar-refractivity contribution in [3.05, 3.63) is 157 Å². The van der Waals surface area contributed by atoms with E-state index in [1.165, 1.54) is 98.4 Å². The molecule has 0 heterocycles. The van der Waals surface area contributed by atoms with E-state index in [0.717, 1.165) is 0 Å². The van der Waals surface area contributed by atoms with Crippen LogP contribution in [-0.4, -0.2) is 0 Å². The van der Waals surface area contributed by atoms with E-state index in [0.29, 0.717) is 0 Å². The normalized spacial score (nSPS) is 13.7. The SMILES string of the molecule is CC1(C)c2ccccc2-c2cccc3c(-c4ccc5cccc(-c6ccc7ccc8cccc9ccc6c7c89)c5c4)ccc1c23. The van der Waals surface area contributed by atoms with Crippen LogP contribution in [0, 0.1) is 0 Å². The Kier molecular flexibility index (Phi) is 4.88. The van der Waals surface area contributed by atoms with E-state index in [4.69, 9.17) is 0 Å².